The lowest BCUT2D eigenvalue weighted by molar-refractivity contribution is 0.0954. The lowest BCUT2D eigenvalue weighted by atomic mass is 10.3. The highest BCUT2D eigenvalue weighted by atomic mass is 32.1. The van der Waals surface area contributed by atoms with Gasteiger partial charge in [-0.2, -0.15) is 0 Å². The molecule has 5 heteroatoms. The Hall–Kier alpha value is -2.27. The molecule has 0 aliphatic rings. The van der Waals surface area contributed by atoms with E-state index in [9.17, 15) is 4.79 Å². The van der Waals surface area contributed by atoms with Gasteiger partial charge in [-0.1, -0.05) is 18.2 Å². The molecule has 0 spiro atoms. The van der Waals surface area contributed by atoms with E-state index in [0.29, 0.717) is 11.4 Å². The Kier molecular flexibility index (Phi) is 3.20. The van der Waals surface area contributed by atoms with Crippen LogP contribution in [0.4, 0.5) is 0 Å². The van der Waals surface area contributed by atoms with Gasteiger partial charge in [0.15, 0.2) is 0 Å². The maximum absolute atomic E-state index is 11.8. The van der Waals surface area contributed by atoms with Crippen molar-refractivity contribution in [1.82, 2.24) is 15.3 Å². The Morgan fingerprint density at radius 2 is 2.00 bits per heavy atom. The molecule has 0 aliphatic carbocycles. The van der Waals surface area contributed by atoms with E-state index >= 15 is 0 Å². The van der Waals surface area contributed by atoms with Gasteiger partial charge in [0.25, 0.3) is 5.91 Å². The molecule has 1 amide bonds. The average Bonchev–Trinajstić information content (AvgIpc) is 2.99. The summed E-state index contributed by atoms with van der Waals surface area (Å²) < 4.78 is 0. The van der Waals surface area contributed by atoms with Crippen LogP contribution in [0.5, 0.6) is 0 Å². The van der Waals surface area contributed by atoms with Crippen molar-refractivity contribution in [3.63, 3.8) is 0 Å². The van der Waals surface area contributed by atoms with Crippen molar-refractivity contribution < 1.29 is 4.79 Å². The molecule has 0 aliphatic heterocycles. The van der Waals surface area contributed by atoms with E-state index in [0.717, 1.165) is 16.7 Å². The van der Waals surface area contributed by atoms with E-state index in [1.165, 1.54) is 11.3 Å². The minimum Gasteiger partial charge on any atom is -0.346 e. The highest BCUT2D eigenvalue weighted by molar-refractivity contribution is 7.12. The number of fused-ring (bicyclic) bond motifs is 1. The molecule has 94 valence electrons. The molecule has 2 heterocycles. The Balaban J connectivity index is 1.73. The molecule has 0 saturated heterocycles. The van der Waals surface area contributed by atoms with Gasteiger partial charge in [-0.25, -0.2) is 4.98 Å². The third-order valence-electron chi connectivity index (χ3n) is 2.67. The van der Waals surface area contributed by atoms with Gasteiger partial charge in [0.2, 0.25) is 0 Å². The number of carbonyl (C=O) groups is 1. The summed E-state index contributed by atoms with van der Waals surface area (Å²) in [6.45, 7) is 0.383. The van der Waals surface area contributed by atoms with Crippen LogP contribution in [-0.4, -0.2) is 15.9 Å². The first-order valence-electron chi connectivity index (χ1n) is 5.85. The van der Waals surface area contributed by atoms with Crippen LogP contribution in [0.25, 0.3) is 11.0 Å². The fourth-order valence-corrected chi connectivity index (χ4v) is 2.39. The molecule has 4 nitrogen and oxygen atoms in total. The number of para-hydroxylation sites is 2. The number of nitrogens with zero attached hydrogens (tertiary/aromatic N) is 2. The second-order valence-electron chi connectivity index (χ2n) is 4.01. The standard InChI is InChI=1S/C14H11N3OS/c18-14(13-6-3-7-19-13)16-9-10-8-15-11-4-1-2-5-12(11)17-10/h1-8H,9H2,(H,16,18). The largest absolute Gasteiger partial charge is 0.346 e. The minimum atomic E-state index is -0.0787. The number of rotatable bonds is 3. The summed E-state index contributed by atoms with van der Waals surface area (Å²) in [6, 6.07) is 11.3. The SMILES string of the molecule is O=C(NCc1cnc2ccccc2n1)c1cccs1. The van der Waals surface area contributed by atoms with Gasteiger partial charge in [0.05, 0.1) is 34.3 Å². The van der Waals surface area contributed by atoms with Crippen molar-refractivity contribution in [2.24, 2.45) is 0 Å². The number of aromatic nitrogens is 2. The van der Waals surface area contributed by atoms with Crippen molar-refractivity contribution in [2.75, 3.05) is 0 Å². The highest BCUT2D eigenvalue weighted by Crippen LogP contribution is 2.10. The molecule has 2 aromatic heterocycles. The molecule has 0 unspecified atom stereocenters. The van der Waals surface area contributed by atoms with Crippen LogP contribution in [0.2, 0.25) is 0 Å². The summed E-state index contributed by atoms with van der Waals surface area (Å²) in [4.78, 5) is 21.3. The maximum Gasteiger partial charge on any atom is 0.261 e. The molecule has 3 aromatic rings. The summed E-state index contributed by atoms with van der Waals surface area (Å²) in [6.07, 6.45) is 1.69. The molecule has 0 bridgehead atoms. The van der Waals surface area contributed by atoms with E-state index in [1.54, 1.807) is 12.3 Å². The quantitative estimate of drug-likeness (QED) is 0.795. The van der Waals surface area contributed by atoms with Gasteiger partial charge in [0.1, 0.15) is 0 Å². The number of thiophene rings is 1. The second kappa shape index (κ2) is 5.16. The average molecular weight is 269 g/mol. The van der Waals surface area contributed by atoms with Crippen molar-refractivity contribution in [3.8, 4) is 0 Å². The van der Waals surface area contributed by atoms with Gasteiger partial charge in [-0.05, 0) is 23.6 Å². The Morgan fingerprint density at radius 3 is 2.79 bits per heavy atom. The maximum atomic E-state index is 11.8. The zero-order valence-electron chi connectivity index (χ0n) is 10.0. The first-order valence-corrected chi connectivity index (χ1v) is 6.73. The summed E-state index contributed by atoms with van der Waals surface area (Å²) in [5.41, 5.74) is 2.45. The van der Waals surface area contributed by atoms with E-state index in [1.807, 2.05) is 35.7 Å². The summed E-state index contributed by atoms with van der Waals surface area (Å²) in [7, 11) is 0. The topological polar surface area (TPSA) is 54.9 Å². The number of amides is 1. The van der Waals surface area contributed by atoms with Crippen molar-refractivity contribution in [3.05, 3.63) is 58.5 Å². The van der Waals surface area contributed by atoms with Crippen LogP contribution in [0, 0.1) is 0 Å². The van der Waals surface area contributed by atoms with Gasteiger partial charge < -0.3 is 5.32 Å². The molecule has 19 heavy (non-hydrogen) atoms. The van der Waals surface area contributed by atoms with E-state index in [-0.39, 0.29) is 5.91 Å². The number of carbonyl (C=O) groups excluding carboxylic acids is 1. The fraction of sp³-hybridized carbons (Fsp3) is 0.0714. The normalized spacial score (nSPS) is 10.5. The Labute approximate surface area is 114 Å². The molecule has 0 radical (unpaired) electrons. The van der Waals surface area contributed by atoms with E-state index in [4.69, 9.17) is 0 Å². The number of benzene rings is 1. The number of hydrogen-bond acceptors (Lipinski definition) is 4. The van der Waals surface area contributed by atoms with Gasteiger partial charge in [-0.3, -0.25) is 9.78 Å². The number of hydrogen-bond donors (Lipinski definition) is 1. The third kappa shape index (κ3) is 2.61. The van der Waals surface area contributed by atoms with Gasteiger partial charge >= 0.3 is 0 Å². The Morgan fingerprint density at radius 1 is 1.16 bits per heavy atom. The van der Waals surface area contributed by atoms with Crippen molar-refractivity contribution in [1.29, 1.82) is 0 Å². The van der Waals surface area contributed by atoms with Crippen molar-refractivity contribution in [2.45, 2.75) is 6.54 Å². The van der Waals surface area contributed by atoms with Crippen LogP contribution < -0.4 is 5.32 Å². The zero-order chi connectivity index (χ0) is 13.1. The predicted molar refractivity (Wildman–Crippen MR) is 75.0 cm³/mol. The van der Waals surface area contributed by atoms with Gasteiger partial charge in [0, 0.05) is 0 Å². The molecule has 1 N–H and O–H groups in total. The smallest absolute Gasteiger partial charge is 0.261 e. The minimum absolute atomic E-state index is 0.0787. The summed E-state index contributed by atoms with van der Waals surface area (Å²) in [5, 5.41) is 4.71. The van der Waals surface area contributed by atoms with Crippen LogP contribution >= 0.6 is 11.3 Å². The fourth-order valence-electron chi connectivity index (χ4n) is 1.75. The monoisotopic (exact) mass is 269 g/mol. The lowest BCUT2D eigenvalue weighted by Crippen LogP contribution is -2.22. The molecule has 0 fully saturated rings. The van der Waals surface area contributed by atoms with Crippen LogP contribution in [0.3, 0.4) is 0 Å². The summed E-state index contributed by atoms with van der Waals surface area (Å²) in [5.74, 6) is -0.0787. The molecular weight excluding hydrogens is 258 g/mol. The molecular formula is C14H11N3OS. The van der Waals surface area contributed by atoms with Crippen molar-refractivity contribution >= 4 is 28.3 Å². The Bertz CT molecular complexity index is 710. The van der Waals surface area contributed by atoms with Crippen LogP contribution in [0.15, 0.2) is 48.0 Å². The van der Waals surface area contributed by atoms with E-state index < -0.39 is 0 Å². The lowest BCUT2D eigenvalue weighted by Gasteiger charge is -2.04. The van der Waals surface area contributed by atoms with Crippen LogP contribution in [-0.2, 0) is 6.54 Å². The molecule has 0 saturated carbocycles. The summed E-state index contributed by atoms with van der Waals surface area (Å²) >= 11 is 1.42. The number of nitrogens with one attached hydrogen (secondary N) is 1. The molecule has 1 aromatic carbocycles. The second-order valence-corrected chi connectivity index (χ2v) is 4.96. The molecule has 0 atom stereocenters. The first-order chi connectivity index (χ1) is 9.33. The predicted octanol–water partition coefficient (Wildman–Crippen LogP) is 2.62. The van der Waals surface area contributed by atoms with Crippen LogP contribution in [0.1, 0.15) is 15.4 Å². The highest BCUT2D eigenvalue weighted by Gasteiger charge is 2.06. The third-order valence-corrected chi connectivity index (χ3v) is 3.54. The van der Waals surface area contributed by atoms with E-state index in [2.05, 4.69) is 15.3 Å². The first kappa shape index (κ1) is 11.8. The van der Waals surface area contributed by atoms with Gasteiger partial charge in [-0.15, -0.1) is 11.3 Å². The molecule has 3 rings (SSSR count). The zero-order valence-corrected chi connectivity index (χ0v) is 10.9.